The predicted octanol–water partition coefficient (Wildman–Crippen LogP) is 4.76. The molecule has 0 amide bonds. The van der Waals surface area contributed by atoms with E-state index in [1.54, 1.807) is 0 Å². The molecule has 0 aromatic rings. The molecule has 106 valence electrons. The Morgan fingerprint density at radius 2 is 1.44 bits per heavy atom. The van der Waals surface area contributed by atoms with Gasteiger partial charge in [-0.3, -0.25) is 0 Å². The van der Waals surface area contributed by atoms with E-state index in [2.05, 4.69) is 12.2 Å². The summed E-state index contributed by atoms with van der Waals surface area (Å²) in [6.45, 7) is 4.99. The number of nitrogens with one attached hydrogen (secondary N) is 1. The van der Waals surface area contributed by atoms with Crippen molar-refractivity contribution >= 4 is 0 Å². The third kappa shape index (κ3) is 5.30. The van der Waals surface area contributed by atoms with E-state index in [1.165, 1.54) is 83.7 Å². The molecule has 0 saturated heterocycles. The Hall–Kier alpha value is -0.0400. The summed E-state index contributed by atoms with van der Waals surface area (Å²) in [4.78, 5) is 0. The molecule has 1 nitrogen and oxygen atoms in total. The maximum absolute atomic E-state index is 3.74. The smallest absolute Gasteiger partial charge is 0.00205 e. The van der Waals surface area contributed by atoms with E-state index < -0.39 is 0 Å². The summed E-state index contributed by atoms with van der Waals surface area (Å²) in [6.07, 6.45) is 16.3. The van der Waals surface area contributed by atoms with Crippen LogP contribution < -0.4 is 5.32 Å². The minimum atomic E-state index is 0.985. The summed E-state index contributed by atoms with van der Waals surface area (Å²) in [7, 11) is 0. The quantitative estimate of drug-likeness (QED) is 0.548. The first-order valence-corrected chi connectivity index (χ1v) is 8.55. The molecule has 2 aliphatic carbocycles. The van der Waals surface area contributed by atoms with Crippen molar-refractivity contribution in [2.75, 3.05) is 13.1 Å². The van der Waals surface area contributed by atoms with Gasteiger partial charge < -0.3 is 5.32 Å². The van der Waals surface area contributed by atoms with Gasteiger partial charge in [-0.15, -0.1) is 0 Å². The van der Waals surface area contributed by atoms with Gasteiger partial charge in [-0.2, -0.15) is 0 Å². The lowest BCUT2D eigenvalue weighted by Gasteiger charge is -2.26. The highest BCUT2D eigenvalue weighted by Gasteiger charge is 2.18. The molecule has 0 aromatic carbocycles. The van der Waals surface area contributed by atoms with Crippen LogP contribution in [0.15, 0.2) is 0 Å². The van der Waals surface area contributed by atoms with Gasteiger partial charge >= 0.3 is 0 Å². The minimum Gasteiger partial charge on any atom is -0.316 e. The van der Waals surface area contributed by atoms with E-state index in [0.717, 1.165) is 17.8 Å². The van der Waals surface area contributed by atoms with Gasteiger partial charge in [-0.25, -0.2) is 0 Å². The standard InChI is InChI=1S/C17H33N/c1-15-8-10-16(11-9-15)12-13-18-14-17-6-4-2-3-5-7-17/h15-18H,2-14H2,1H3. The third-order valence-electron chi connectivity index (χ3n) is 5.27. The predicted molar refractivity (Wildman–Crippen MR) is 79.8 cm³/mol. The van der Waals surface area contributed by atoms with Crippen LogP contribution in [0.3, 0.4) is 0 Å². The number of rotatable bonds is 5. The highest BCUT2D eigenvalue weighted by Crippen LogP contribution is 2.30. The van der Waals surface area contributed by atoms with Crippen molar-refractivity contribution in [1.82, 2.24) is 5.32 Å². The van der Waals surface area contributed by atoms with Gasteiger partial charge in [0, 0.05) is 0 Å². The topological polar surface area (TPSA) is 12.0 Å². The number of hydrogen-bond donors (Lipinski definition) is 1. The Balaban J connectivity index is 1.50. The van der Waals surface area contributed by atoms with Crippen LogP contribution in [-0.4, -0.2) is 13.1 Å². The lowest BCUT2D eigenvalue weighted by Crippen LogP contribution is -2.26. The molecule has 0 unspecified atom stereocenters. The summed E-state index contributed by atoms with van der Waals surface area (Å²) < 4.78 is 0. The van der Waals surface area contributed by atoms with Crippen LogP contribution in [0.25, 0.3) is 0 Å². The zero-order valence-electron chi connectivity index (χ0n) is 12.4. The van der Waals surface area contributed by atoms with Gasteiger partial charge in [-0.1, -0.05) is 58.3 Å². The molecule has 2 rings (SSSR count). The molecule has 0 atom stereocenters. The fourth-order valence-corrected chi connectivity index (χ4v) is 3.80. The van der Waals surface area contributed by atoms with E-state index in [-0.39, 0.29) is 0 Å². The van der Waals surface area contributed by atoms with Crippen LogP contribution in [0.1, 0.15) is 77.6 Å². The van der Waals surface area contributed by atoms with Crippen molar-refractivity contribution in [3.63, 3.8) is 0 Å². The molecule has 0 aromatic heterocycles. The van der Waals surface area contributed by atoms with E-state index in [9.17, 15) is 0 Å². The van der Waals surface area contributed by atoms with Crippen molar-refractivity contribution in [3.8, 4) is 0 Å². The minimum absolute atomic E-state index is 0.985. The van der Waals surface area contributed by atoms with Gasteiger partial charge in [-0.05, 0) is 50.1 Å². The molecule has 2 fully saturated rings. The molecule has 1 heteroatoms. The summed E-state index contributed by atoms with van der Waals surface area (Å²) in [5.74, 6) is 3.02. The molecule has 2 aliphatic rings. The lowest BCUT2D eigenvalue weighted by molar-refractivity contribution is 0.273. The molecule has 0 radical (unpaired) electrons. The lowest BCUT2D eigenvalue weighted by atomic mass is 9.81. The number of hydrogen-bond acceptors (Lipinski definition) is 1. The van der Waals surface area contributed by atoms with E-state index >= 15 is 0 Å². The second-order valence-corrected chi connectivity index (χ2v) is 6.98. The van der Waals surface area contributed by atoms with Crippen LogP contribution >= 0.6 is 0 Å². The maximum atomic E-state index is 3.74. The molecule has 0 aliphatic heterocycles. The van der Waals surface area contributed by atoms with Crippen LogP contribution in [0.2, 0.25) is 0 Å². The average molecular weight is 251 g/mol. The monoisotopic (exact) mass is 251 g/mol. The van der Waals surface area contributed by atoms with Crippen LogP contribution in [0.5, 0.6) is 0 Å². The first-order chi connectivity index (χ1) is 8.84. The van der Waals surface area contributed by atoms with Crippen LogP contribution in [0, 0.1) is 17.8 Å². The normalized spacial score (nSPS) is 31.2. The van der Waals surface area contributed by atoms with Crippen molar-refractivity contribution in [1.29, 1.82) is 0 Å². The second kappa shape index (κ2) is 8.19. The van der Waals surface area contributed by atoms with Crippen molar-refractivity contribution in [2.24, 2.45) is 17.8 Å². The zero-order valence-corrected chi connectivity index (χ0v) is 12.4. The van der Waals surface area contributed by atoms with Gasteiger partial charge in [0.2, 0.25) is 0 Å². The highest BCUT2D eigenvalue weighted by atomic mass is 14.9. The van der Waals surface area contributed by atoms with Crippen molar-refractivity contribution in [3.05, 3.63) is 0 Å². The van der Waals surface area contributed by atoms with Crippen LogP contribution in [-0.2, 0) is 0 Å². The maximum Gasteiger partial charge on any atom is -0.00205 e. The summed E-state index contributed by atoms with van der Waals surface area (Å²) >= 11 is 0. The highest BCUT2D eigenvalue weighted by molar-refractivity contribution is 4.72. The first-order valence-electron chi connectivity index (χ1n) is 8.55. The molecule has 18 heavy (non-hydrogen) atoms. The van der Waals surface area contributed by atoms with Gasteiger partial charge in [0.15, 0.2) is 0 Å². The molecule has 0 spiro atoms. The first kappa shape index (κ1) is 14.4. The molecule has 2 saturated carbocycles. The van der Waals surface area contributed by atoms with E-state index in [1.807, 2.05) is 0 Å². The van der Waals surface area contributed by atoms with Crippen LogP contribution in [0.4, 0.5) is 0 Å². The van der Waals surface area contributed by atoms with Crippen molar-refractivity contribution in [2.45, 2.75) is 77.6 Å². The Morgan fingerprint density at radius 3 is 2.11 bits per heavy atom. The Bertz CT molecular complexity index is 198. The average Bonchev–Trinajstić information content (AvgIpc) is 2.65. The zero-order chi connectivity index (χ0) is 12.6. The molecular formula is C17H33N. The Morgan fingerprint density at radius 1 is 0.778 bits per heavy atom. The van der Waals surface area contributed by atoms with E-state index in [4.69, 9.17) is 0 Å². The Kier molecular flexibility index (Phi) is 6.54. The summed E-state index contributed by atoms with van der Waals surface area (Å²) in [5, 5.41) is 3.74. The Labute approximate surface area is 114 Å². The van der Waals surface area contributed by atoms with Gasteiger partial charge in [0.25, 0.3) is 0 Å². The molecule has 1 N–H and O–H groups in total. The SMILES string of the molecule is CC1CCC(CCNCC2CCCCCC2)CC1. The molecule has 0 bridgehead atoms. The van der Waals surface area contributed by atoms with Gasteiger partial charge in [0.05, 0.1) is 0 Å². The fourth-order valence-electron chi connectivity index (χ4n) is 3.80. The third-order valence-corrected chi connectivity index (χ3v) is 5.27. The van der Waals surface area contributed by atoms with E-state index in [0.29, 0.717) is 0 Å². The summed E-state index contributed by atoms with van der Waals surface area (Å²) in [6, 6.07) is 0. The fraction of sp³-hybridized carbons (Fsp3) is 1.00. The largest absolute Gasteiger partial charge is 0.316 e. The molecular weight excluding hydrogens is 218 g/mol. The molecule has 0 heterocycles. The van der Waals surface area contributed by atoms with Crippen molar-refractivity contribution < 1.29 is 0 Å². The second-order valence-electron chi connectivity index (χ2n) is 6.98. The van der Waals surface area contributed by atoms with Gasteiger partial charge in [0.1, 0.15) is 0 Å². The summed E-state index contributed by atoms with van der Waals surface area (Å²) in [5.41, 5.74) is 0.